The summed E-state index contributed by atoms with van der Waals surface area (Å²) in [7, 11) is 0. The van der Waals surface area contributed by atoms with Gasteiger partial charge in [-0.1, -0.05) is 13.8 Å². The summed E-state index contributed by atoms with van der Waals surface area (Å²) >= 11 is 0. The molecule has 1 fully saturated rings. The fraction of sp³-hybridized carbons (Fsp3) is 1.00. The molecular weight excluding hydrogens is 172 g/mol. The van der Waals surface area contributed by atoms with E-state index in [4.69, 9.17) is 0 Å². The van der Waals surface area contributed by atoms with E-state index < -0.39 is 0 Å². The topological polar surface area (TPSA) is 15.3 Å². The van der Waals surface area contributed by atoms with Crippen molar-refractivity contribution in [3.63, 3.8) is 0 Å². The summed E-state index contributed by atoms with van der Waals surface area (Å²) in [6.45, 7) is 12.9. The van der Waals surface area contributed by atoms with Crippen LogP contribution in [0, 0.1) is 5.92 Å². The Hall–Kier alpha value is -0.0800. The van der Waals surface area contributed by atoms with Gasteiger partial charge in [-0.3, -0.25) is 4.90 Å². The first-order valence-electron chi connectivity index (χ1n) is 6.11. The third-order valence-corrected chi connectivity index (χ3v) is 3.16. The molecule has 0 bridgehead atoms. The number of piperidine rings is 1. The summed E-state index contributed by atoms with van der Waals surface area (Å²) in [6, 6.07) is 1.45. The number of hydrogen-bond acceptors (Lipinski definition) is 2. The van der Waals surface area contributed by atoms with Crippen molar-refractivity contribution in [2.24, 2.45) is 5.92 Å². The summed E-state index contributed by atoms with van der Waals surface area (Å²) in [4.78, 5) is 2.66. The molecule has 0 aromatic heterocycles. The van der Waals surface area contributed by atoms with E-state index in [9.17, 15) is 0 Å². The van der Waals surface area contributed by atoms with Crippen LogP contribution in [-0.4, -0.2) is 36.6 Å². The number of rotatable bonds is 4. The summed E-state index contributed by atoms with van der Waals surface area (Å²) in [5, 5.41) is 3.54. The Morgan fingerprint density at radius 1 is 1.36 bits per heavy atom. The maximum absolute atomic E-state index is 3.54. The van der Waals surface area contributed by atoms with Crippen LogP contribution in [0.4, 0.5) is 0 Å². The quantitative estimate of drug-likeness (QED) is 0.744. The van der Waals surface area contributed by atoms with Crippen LogP contribution in [0.1, 0.15) is 40.5 Å². The summed E-state index contributed by atoms with van der Waals surface area (Å²) < 4.78 is 0. The van der Waals surface area contributed by atoms with Crippen LogP contribution >= 0.6 is 0 Å². The van der Waals surface area contributed by atoms with Crippen LogP contribution in [0.3, 0.4) is 0 Å². The van der Waals surface area contributed by atoms with Gasteiger partial charge in [-0.2, -0.15) is 0 Å². The largest absolute Gasteiger partial charge is 0.315 e. The molecule has 2 heteroatoms. The minimum absolute atomic E-state index is 0.687. The second kappa shape index (κ2) is 5.72. The minimum atomic E-state index is 0.687. The fourth-order valence-electron chi connectivity index (χ4n) is 2.50. The van der Waals surface area contributed by atoms with Crippen molar-refractivity contribution in [1.29, 1.82) is 0 Å². The molecule has 0 aromatic rings. The van der Waals surface area contributed by atoms with Crippen molar-refractivity contribution in [2.75, 3.05) is 19.6 Å². The Balaban J connectivity index is 2.48. The summed E-state index contributed by atoms with van der Waals surface area (Å²) in [6.07, 6.45) is 2.63. The maximum Gasteiger partial charge on any atom is 0.0226 e. The van der Waals surface area contributed by atoms with Gasteiger partial charge in [0.2, 0.25) is 0 Å². The van der Waals surface area contributed by atoms with Gasteiger partial charge in [0.05, 0.1) is 0 Å². The first kappa shape index (κ1) is 12.0. The third-order valence-electron chi connectivity index (χ3n) is 3.16. The second-order valence-electron chi connectivity index (χ2n) is 4.98. The zero-order chi connectivity index (χ0) is 10.6. The van der Waals surface area contributed by atoms with Crippen LogP contribution in [-0.2, 0) is 0 Å². The van der Waals surface area contributed by atoms with E-state index in [1.54, 1.807) is 0 Å². The molecule has 1 heterocycles. The van der Waals surface area contributed by atoms with E-state index >= 15 is 0 Å². The van der Waals surface area contributed by atoms with Crippen molar-refractivity contribution in [3.05, 3.63) is 0 Å². The van der Waals surface area contributed by atoms with Gasteiger partial charge in [-0.05, 0) is 45.7 Å². The average molecular weight is 198 g/mol. The van der Waals surface area contributed by atoms with Gasteiger partial charge in [0.25, 0.3) is 0 Å². The van der Waals surface area contributed by atoms with E-state index in [1.165, 1.54) is 32.5 Å². The zero-order valence-corrected chi connectivity index (χ0v) is 10.2. The third kappa shape index (κ3) is 3.25. The minimum Gasteiger partial charge on any atom is -0.315 e. The number of nitrogens with zero attached hydrogens (tertiary/aromatic N) is 1. The molecule has 0 spiro atoms. The first-order chi connectivity index (χ1) is 6.65. The summed E-state index contributed by atoms with van der Waals surface area (Å²) in [5.74, 6) is 0.840. The standard InChI is InChI=1S/C12H26N2/c1-5-6-14(10(2)3)12-7-11(4)8-13-9-12/h10-13H,5-9H2,1-4H3. The van der Waals surface area contributed by atoms with Crippen molar-refractivity contribution >= 4 is 0 Å². The van der Waals surface area contributed by atoms with E-state index in [0.29, 0.717) is 6.04 Å². The molecule has 2 atom stereocenters. The number of hydrogen-bond donors (Lipinski definition) is 1. The smallest absolute Gasteiger partial charge is 0.0226 e. The molecule has 14 heavy (non-hydrogen) atoms. The van der Waals surface area contributed by atoms with Gasteiger partial charge in [0.1, 0.15) is 0 Å². The Morgan fingerprint density at radius 2 is 2.07 bits per heavy atom. The molecule has 0 aromatic carbocycles. The Kier molecular flexibility index (Phi) is 4.90. The van der Waals surface area contributed by atoms with Crippen LogP contribution in [0.15, 0.2) is 0 Å². The van der Waals surface area contributed by atoms with Crippen LogP contribution in [0.5, 0.6) is 0 Å². The molecule has 0 aliphatic carbocycles. The SMILES string of the molecule is CCCN(C(C)C)C1CNCC(C)C1. The lowest BCUT2D eigenvalue weighted by Gasteiger charge is -2.39. The lowest BCUT2D eigenvalue weighted by Crippen LogP contribution is -2.51. The molecule has 0 saturated carbocycles. The average Bonchev–Trinajstić information content (AvgIpc) is 2.13. The van der Waals surface area contributed by atoms with Gasteiger partial charge in [-0.15, -0.1) is 0 Å². The molecule has 84 valence electrons. The second-order valence-corrected chi connectivity index (χ2v) is 4.98. The van der Waals surface area contributed by atoms with Crippen LogP contribution in [0.2, 0.25) is 0 Å². The van der Waals surface area contributed by atoms with Gasteiger partial charge in [-0.25, -0.2) is 0 Å². The lowest BCUT2D eigenvalue weighted by atomic mass is 9.95. The van der Waals surface area contributed by atoms with Crippen molar-refractivity contribution in [3.8, 4) is 0 Å². The van der Waals surface area contributed by atoms with E-state index in [0.717, 1.165) is 12.0 Å². The van der Waals surface area contributed by atoms with E-state index in [1.807, 2.05) is 0 Å². The highest BCUT2D eigenvalue weighted by molar-refractivity contribution is 4.83. The van der Waals surface area contributed by atoms with Gasteiger partial charge in [0.15, 0.2) is 0 Å². The van der Waals surface area contributed by atoms with Gasteiger partial charge < -0.3 is 5.32 Å². The first-order valence-corrected chi connectivity index (χ1v) is 6.11. The molecule has 1 aliphatic rings. The lowest BCUT2D eigenvalue weighted by molar-refractivity contribution is 0.113. The molecule has 0 amide bonds. The molecule has 1 saturated heterocycles. The zero-order valence-electron chi connectivity index (χ0n) is 10.2. The van der Waals surface area contributed by atoms with E-state index in [-0.39, 0.29) is 0 Å². The molecule has 1 aliphatic heterocycles. The molecule has 2 unspecified atom stereocenters. The highest BCUT2D eigenvalue weighted by atomic mass is 15.2. The highest BCUT2D eigenvalue weighted by Crippen LogP contribution is 2.17. The van der Waals surface area contributed by atoms with Crippen molar-refractivity contribution in [2.45, 2.75) is 52.6 Å². The van der Waals surface area contributed by atoms with Crippen LogP contribution < -0.4 is 5.32 Å². The Labute approximate surface area is 89.1 Å². The molecular formula is C12H26N2. The van der Waals surface area contributed by atoms with Crippen molar-refractivity contribution < 1.29 is 0 Å². The molecule has 0 radical (unpaired) electrons. The normalized spacial score (nSPS) is 28.7. The number of nitrogens with one attached hydrogen (secondary N) is 1. The maximum atomic E-state index is 3.54. The monoisotopic (exact) mass is 198 g/mol. The molecule has 1 rings (SSSR count). The summed E-state index contributed by atoms with van der Waals surface area (Å²) in [5.41, 5.74) is 0. The van der Waals surface area contributed by atoms with Crippen molar-refractivity contribution in [1.82, 2.24) is 10.2 Å². The molecule has 1 N–H and O–H groups in total. The highest BCUT2D eigenvalue weighted by Gasteiger charge is 2.25. The Morgan fingerprint density at radius 3 is 2.57 bits per heavy atom. The van der Waals surface area contributed by atoms with Gasteiger partial charge >= 0.3 is 0 Å². The van der Waals surface area contributed by atoms with E-state index in [2.05, 4.69) is 37.9 Å². The predicted molar refractivity (Wildman–Crippen MR) is 62.6 cm³/mol. The van der Waals surface area contributed by atoms with Crippen LogP contribution in [0.25, 0.3) is 0 Å². The predicted octanol–water partition coefficient (Wildman–Crippen LogP) is 2.10. The fourth-order valence-corrected chi connectivity index (χ4v) is 2.50. The molecule has 2 nitrogen and oxygen atoms in total. The van der Waals surface area contributed by atoms with Gasteiger partial charge in [0, 0.05) is 18.6 Å². The Bertz CT molecular complexity index is 156.